The van der Waals surface area contributed by atoms with E-state index in [0.717, 1.165) is 10.5 Å². The van der Waals surface area contributed by atoms with E-state index in [4.69, 9.17) is 4.74 Å². The van der Waals surface area contributed by atoms with Crippen LogP contribution in [0.3, 0.4) is 0 Å². The molecule has 0 N–H and O–H groups in total. The molecule has 0 radical (unpaired) electrons. The van der Waals surface area contributed by atoms with Crippen LogP contribution in [0.4, 0.5) is 0 Å². The molecule has 2 heteroatoms. The molecule has 1 nitrogen and oxygen atoms in total. The average Bonchev–Trinajstić information content (AvgIpc) is 2.05. The van der Waals surface area contributed by atoms with E-state index < -0.39 is 0 Å². The van der Waals surface area contributed by atoms with Gasteiger partial charge in [0, 0.05) is 0 Å². The van der Waals surface area contributed by atoms with Gasteiger partial charge in [0.2, 0.25) is 0 Å². The summed E-state index contributed by atoms with van der Waals surface area (Å²) in [7, 11) is 1.70. The van der Waals surface area contributed by atoms with Gasteiger partial charge in [0.05, 0.1) is 0 Å². The molecular weight excluding hydrogens is 211 g/mol. The Balaban J connectivity index is 2.65. The SMILES string of the molecule is COc1ccc([AsH]C(C)C)cc1. The van der Waals surface area contributed by atoms with Gasteiger partial charge in [-0.3, -0.25) is 0 Å². The van der Waals surface area contributed by atoms with Gasteiger partial charge >= 0.3 is 80.5 Å². The van der Waals surface area contributed by atoms with Gasteiger partial charge in [0.15, 0.2) is 0 Å². The molecule has 0 bridgehead atoms. The van der Waals surface area contributed by atoms with E-state index in [0.29, 0.717) is 0 Å². The zero-order valence-electron chi connectivity index (χ0n) is 7.79. The van der Waals surface area contributed by atoms with E-state index in [1.807, 2.05) is 12.1 Å². The van der Waals surface area contributed by atoms with Gasteiger partial charge in [-0.15, -0.1) is 0 Å². The number of ether oxygens (including phenoxy) is 1. The second-order valence-corrected chi connectivity index (χ2v) is 7.27. The molecule has 0 aliphatic carbocycles. The fraction of sp³-hybridized carbons (Fsp3) is 0.400. The predicted octanol–water partition coefficient (Wildman–Crippen LogP) is 1.59. The van der Waals surface area contributed by atoms with Crippen molar-refractivity contribution < 1.29 is 4.74 Å². The van der Waals surface area contributed by atoms with Gasteiger partial charge in [-0.2, -0.15) is 0 Å². The van der Waals surface area contributed by atoms with Crippen molar-refractivity contribution in [2.75, 3.05) is 7.11 Å². The molecule has 1 aromatic rings. The molecule has 0 fully saturated rings. The van der Waals surface area contributed by atoms with Crippen LogP contribution in [0.15, 0.2) is 24.3 Å². The molecule has 1 rings (SSSR count). The summed E-state index contributed by atoms with van der Waals surface area (Å²) in [5.74, 6) is 0.953. The third-order valence-corrected chi connectivity index (χ3v) is 4.16. The first-order valence-corrected chi connectivity index (χ1v) is 6.39. The molecule has 1 aromatic carbocycles. The Morgan fingerprint density at radius 3 is 2.17 bits per heavy atom. The first-order valence-electron chi connectivity index (χ1n) is 4.13. The van der Waals surface area contributed by atoms with Crippen LogP contribution in [0.5, 0.6) is 5.75 Å². The summed E-state index contributed by atoms with van der Waals surface area (Å²) < 4.78 is 7.44. The first kappa shape index (κ1) is 9.66. The van der Waals surface area contributed by atoms with Crippen molar-refractivity contribution in [2.45, 2.75) is 18.6 Å². The van der Waals surface area contributed by atoms with Crippen LogP contribution in [-0.2, 0) is 0 Å². The molecule has 1 unspecified atom stereocenters. The standard InChI is InChI=1S/C10H15AsO/c1-8(2)11-9-4-6-10(12-3)7-5-9/h4-8,11H,1-3H3. The van der Waals surface area contributed by atoms with Gasteiger partial charge in [0.25, 0.3) is 0 Å². The molecule has 1 atom stereocenters. The van der Waals surface area contributed by atoms with Crippen LogP contribution in [0.2, 0.25) is 4.71 Å². The zero-order chi connectivity index (χ0) is 8.97. The zero-order valence-corrected chi connectivity index (χ0v) is 9.89. The Bertz CT molecular complexity index is 228. The molecule has 0 spiro atoms. The summed E-state index contributed by atoms with van der Waals surface area (Å²) in [6.45, 7) is 4.56. The van der Waals surface area contributed by atoms with Crippen molar-refractivity contribution in [3.8, 4) is 5.75 Å². The van der Waals surface area contributed by atoms with E-state index in [1.165, 1.54) is 4.35 Å². The minimum absolute atomic E-state index is 0.0640. The molecule has 0 amide bonds. The second-order valence-electron chi connectivity index (χ2n) is 3.03. The molecule has 0 saturated heterocycles. The third kappa shape index (κ3) is 2.90. The van der Waals surface area contributed by atoms with Crippen LogP contribution in [-0.4, -0.2) is 22.9 Å². The number of methoxy groups -OCH3 is 1. The number of hydrogen-bond donors (Lipinski definition) is 0. The van der Waals surface area contributed by atoms with Crippen molar-refractivity contribution in [3.05, 3.63) is 24.3 Å². The summed E-state index contributed by atoms with van der Waals surface area (Å²) in [4.78, 5) is 0. The van der Waals surface area contributed by atoms with Crippen molar-refractivity contribution in [1.82, 2.24) is 0 Å². The van der Waals surface area contributed by atoms with Gasteiger partial charge in [-0.1, -0.05) is 0 Å². The fourth-order valence-electron chi connectivity index (χ4n) is 1.02. The maximum atomic E-state index is 5.09. The van der Waals surface area contributed by atoms with Crippen LogP contribution in [0, 0.1) is 0 Å². The number of benzene rings is 1. The third-order valence-electron chi connectivity index (χ3n) is 1.55. The molecule has 0 heterocycles. The normalized spacial score (nSPS) is 11.3. The van der Waals surface area contributed by atoms with E-state index in [-0.39, 0.29) is 15.8 Å². The molecule has 0 saturated carbocycles. The second kappa shape index (κ2) is 4.57. The van der Waals surface area contributed by atoms with Gasteiger partial charge in [-0.25, -0.2) is 0 Å². The van der Waals surface area contributed by atoms with Crippen LogP contribution in [0.1, 0.15) is 13.8 Å². The quantitative estimate of drug-likeness (QED) is 0.711. The molecule has 12 heavy (non-hydrogen) atoms. The van der Waals surface area contributed by atoms with Gasteiger partial charge < -0.3 is 0 Å². The summed E-state index contributed by atoms with van der Waals surface area (Å²) in [5.41, 5.74) is 0. The monoisotopic (exact) mass is 226 g/mol. The Morgan fingerprint density at radius 1 is 1.17 bits per heavy atom. The van der Waals surface area contributed by atoms with Gasteiger partial charge in [-0.05, 0) is 0 Å². The fourth-order valence-corrected chi connectivity index (χ4v) is 3.17. The summed E-state index contributed by atoms with van der Waals surface area (Å²) in [6, 6.07) is 8.44. The maximum absolute atomic E-state index is 5.09. The number of hydrogen-bond acceptors (Lipinski definition) is 1. The van der Waals surface area contributed by atoms with E-state index >= 15 is 0 Å². The van der Waals surface area contributed by atoms with Crippen molar-refractivity contribution in [1.29, 1.82) is 0 Å². The topological polar surface area (TPSA) is 9.23 Å². The predicted molar refractivity (Wildman–Crippen MR) is 54.9 cm³/mol. The number of rotatable bonds is 3. The molecule has 0 aromatic heterocycles. The molecule has 0 aliphatic heterocycles. The first-order chi connectivity index (χ1) is 5.72. The van der Waals surface area contributed by atoms with Crippen molar-refractivity contribution in [2.24, 2.45) is 0 Å². The van der Waals surface area contributed by atoms with Crippen molar-refractivity contribution >= 4 is 20.1 Å². The summed E-state index contributed by atoms with van der Waals surface area (Å²) in [6.07, 6.45) is 0. The molecule has 0 aliphatic rings. The van der Waals surface area contributed by atoms with E-state index in [9.17, 15) is 0 Å². The average molecular weight is 226 g/mol. The minimum atomic E-state index is 0.0640. The summed E-state index contributed by atoms with van der Waals surface area (Å²) in [5, 5.41) is 0. The van der Waals surface area contributed by atoms with Gasteiger partial charge in [0.1, 0.15) is 0 Å². The van der Waals surface area contributed by atoms with E-state index in [1.54, 1.807) is 7.11 Å². The van der Waals surface area contributed by atoms with Crippen LogP contribution < -0.4 is 9.09 Å². The molecular formula is C10H15AsO. The molecule has 66 valence electrons. The Kier molecular flexibility index (Phi) is 3.68. The summed E-state index contributed by atoms with van der Waals surface area (Å²) >= 11 is 0.0640. The Hall–Kier alpha value is -0.422. The van der Waals surface area contributed by atoms with Crippen LogP contribution in [0.25, 0.3) is 0 Å². The Labute approximate surface area is 80.8 Å². The van der Waals surface area contributed by atoms with Crippen LogP contribution >= 0.6 is 0 Å². The van der Waals surface area contributed by atoms with E-state index in [2.05, 4.69) is 26.0 Å². The Morgan fingerprint density at radius 2 is 1.75 bits per heavy atom. The van der Waals surface area contributed by atoms with Crippen molar-refractivity contribution in [3.63, 3.8) is 0 Å².